The van der Waals surface area contributed by atoms with Gasteiger partial charge in [-0.1, -0.05) is 18.2 Å². The first-order valence-corrected chi connectivity index (χ1v) is 12.4. The number of hydrogen-bond acceptors (Lipinski definition) is 7. The third-order valence-corrected chi connectivity index (χ3v) is 6.28. The molecule has 0 amide bonds. The van der Waals surface area contributed by atoms with Gasteiger partial charge in [-0.05, 0) is 42.8 Å². The van der Waals surface area contributed by atoms with Crippen LogP contribution in [0.1, 0.15) is 18.3 Å². The van der Waals surface area contributed by atoms with E-state index in [1.165, 1.54) is 37.3 Å². The van der Waals surface area contributed by atoms with E-state index in [1.807, 2.05) is 0 Å². The first-order valence-electron chi connectivity index (χ1n) is 10.8. The van der Waals surface area contributed by atoms with Crippen molar-refractivity contribution in [2.45, 2.75) is 19.7 Å². The van der Waals surface area contributed by atoms with E-state index in [2.05, 4.69) is 30.2 Å². The SMILES string of the molecule is CCS(=O)(=O)Nc1ccc(-c2cc(Nc3ccnc(C(F)(F)F)n3)n[nH]2)cc1OCc1ccc(F)cc1. The number of benzene rings is 2. The van der Waals surface area contributed by atoms with Crippen LogP contribution >= 0.6 is 0 Å². The maximum Gasteiger partial charge on any atom is 0.451 e. The van der Waals surface area contributed by atoms with Gasteiger partial charge in [0.25, 0.3) is 0 Å². The Morgan fingerprint density at radius 2 is 1.78 bits per heavy atom. The van der Waals surface area contributed by atoms with E-state index in [4.69, 9.17) is 4.74 Å². The molecule has 3 N–H and O–H groups in total. The fraction of sp³-hybridized carbons (Fsp3) is 0.174. The summed E-state index contributed by atoms with van der Waals surface area (Å²) in [6.45, 7) is 1.53. The van der Waals surface area contributed by atoms with Gasteiger partial charge in [-0.2, -0.15) is 18.3 Å². The van der Waals surface area contributed by atoms with E-state index in [0.29, 0.717) is 16.8 Å². The molecule has 0 radical (unpaired) electrons. The topological polar surface area (TPSA) is 122 Å². The molecule has 0 unspecified atom stereocenters. The van der Waals surface area contributed by atoms with Crippen LogP contribution < -0.4 is 14.8 Å². The molecule has 194 valence electrons. The lowest BCUT2D eigenvalue weighted by atomic mass is 10.1. The molecule has 0 aliphatic heterocycles. The number of H-pyrrole nitrogens is 1. The van der Waals surface area contributed by atoms with Gasteiger partial charge in [-0.3, -0.25) is 9.82 Å². The molecule has 2 aromatic heterocycles. The Labute approximate surface area is 209 Å². The number of hydrogen-bond donors (Lipinski definition) is 3. The van der Waals surface area contributed by atoms with Crippen molar-refractivity contribution in [2.24, 2.45) is 0 Å². The minimum absolute atomic E-state index is 0.0373. The van der Waals surface area contributed by atoms with Crippen LogP contribution in [0, 0.1) is 5.82 Å². The summed E-state index contributed by atoms with van der Waals surface area (Å²) in [4.78, 5) is 6.65. The highest BCUT2D eigenvalue weighted by atomic mass is 32.2. The van der Waals surface area contributed by atoms with Crippen molar-refractivity contribution in [3.63, 3.8) is 0 Å². The van der Waals surface area contributed by atoms with Crippen LogP contribution in [0.4, 0.5) is 34.9 Å². The van der Waals surface area contributed by atoms with Gasteiger partial charge in [-0.15, -0.1) is 0 Å². The Morgan fingerprint density at radius 3 is 2.49 bits per heavy atom. The fourth-order valence-corrected chi connectivity index (χ4v) is 3.75. The van der Waals surface area contributed by atoms with Crippen LogP contribution in [0.25, 0.3) is 11.3 Å². The smallest absolute Gasteiger partial charge is 0.451 e. The summed E-state index contributed by atoms with van der Waals surface area (Å²) in [5.74, 6) is -1.56. The van der Waals surface area contributed by atoms with Gasteiger partial charge in [0.2, 0.25) is 15.8 Å². The highest BCUT2D eigenvalue weighted by Crippen LogP contribution is 2.33. The third kappa shape index (κ3) is 6.73. The Hall–Kier alpha value is -4.20. The molecule has 0 atom stereocenters. The normalized spacial score (nSPS) is 11.8. The lowest BCUT2D eigenvalue weighted by Gasteiger charge is -2.14. The zero-order valence-corrected chi connectivity index (χ0v) is 20.0. The van der Waals surface area contributed by atoms with Crippen molar-refractivity contribution >= 4 is 27.3 Å². The molecule has 9 nitrogen and oxygen atoms in total. The van der Waals surface area contributed by atoms with Crippen LogP contribution in [-0.4, -0.2) is 34.3 Å². The molecule has 0 aliphatic rings. The quantitative estimate of drug-likeness (QED) is 0.254. The second kappa shape index (κ2) is 10.4. The van der Waals surface area contributed by atoms with E-state index < -0.39 is 27.8 Å². The maximum absolute atomic E-state index is 13.2. The van der Waals surface area contributed by atoms with Crippen molar-refractivity contribution in [3.05, 3.63) is 78.0 Å². The maximum atomic E-state index is 13.2. The summed E-state index contributed by atoms with van der Waals surface area (Å²) in [5, 5.41) is 9.48. The largest absolute Gasteiger partial charge is 0.487 e. The number of ether oxygens (including phenoxy) is 1. The number of nitrogens with one attached hydrogen (secondary N) is 3. The molecule has 2 aromatic carbocycles. The molecule has 14 heteroatoms. The van der Waals surface area contributed by atoms with Crippen molar-refractivity contribution in [1.82, 2.24) is 20.2 Å². The van der Waals surface area contributed by atoms with Gasteiger partial charge in [0, 0.05) is 17.8 Å². The van der Waals surface area contributed by atoms with Gasteiger partial charge in [0.05, 0.1) is 17.1 Å². The van der Waals surface area contributed by atoms with Gasteiger partial charge < -0.3 is 10.1 Å². The summed E-state index contributed by atoms with van der Waals surface area (Å²) in [7, 11) is -3.61. The van der Waals surface area contributed by atoms with Gasteiger partial charge >= 0.3 is 6.18 Å². The molecule has 4 aromatic rings. The minimum Gasteiger partial charge on any atom is -0.487 e. The average Bonchev–Trinajstić information content (AvgIpc) is 3.32. The predicted molar refractivity (Wildman–Crippen MR) is 128 cm³/mol. The van der Waals surface area contributed by atoms with Crippen LogP contribution in [0.15, 0.2) is 60.8 Å². The van der Waals surface area contributed by atoms with Gasteiger partial charge in [0.1, 0.15) is 24.0 Å². The molecule has 0 spiro atoms. The first-order chi connectivity index (χ1) is 17.5. The second-order valence-corrected chi connectivity index (χ2v) is 9.70. The monoisotopic (exact) mass is 536 g/mol. The lowest BCUT2D eigenvalue weighted by molar-refractivity contribution is -0.144. The standard InChI is InChI=1S/C23H20F4N6O3S/c1-2-37(34,35)33-17-8-5-15(11-19(17)36-13-14-3-6-16(24)7-4-14)18-12-21(32-31-18)29-20-9-10-28-22(30-20)23(25,26)27/h3-12,33H,2,13H2,1H3,(H2,28,29,30,31,32). The number of aromatic nitrogens is 4. The minimum atomic E-state index is -4.69. The van der Waals surface area contributed by atoms with Crippen LogP contribution in [-0.2, 0) is 22.8 Å². The Balaban J connectivity index is 1.58. The number of aromatic amines is 1. The Bertz CT molecular complexity index is 1490. The molecule has 0 aliphatic carbocycles. The molecule has 37 heavy (non-hydrogen) atoms. The highest BCUT2D eigenvalue weighted by Gasteiger charge is 2.34. The van der Waals surface area contributed by atoms with E-state index in [-0.39, 0.29) is 35.4 Å². The van der Waals surface area contributed by atoms with Gasteiger partial charge in [0.15, 0.2) is 5.82 Å². The molecule has 2 heterocycles. The predicted octanol–water partition coefficient (Wildman–Crippen LogP) is 5.11. The van der Waals surface area contributed by atoms with E-state index >= 15 is 0 Å². The Kier molecular flexibility index (Phi) is 7.29. The van der Waals surface area contributed by atoms with Crippen molar-refractivity contribution < 1.29 is 30.7 Å². The zero-order valence-electron chi connectivity index (χ0n) is 19.2. The second-order valence-electron chi connectivity index (χ2n) is 7.69. The van der Waals surface area contributed by atoms with Crippen molar-refractivity contribution in [3.8, 4) is 17.0 Å². The van der Waals surface area contributed by atoms with Crippen LogP contribution in [0.3, 0.4) is 0 Å². The number of alkyl halides is 3. The third-order valence-electron chi connectivity index (χ3n) is 4.99. The molecule has 0 saturated carbocycles. The number of anilines is 3. The first kappa shape index (κ1) is 25.9. The number of rotatable bonds is 9. The van der Waals surface area contributed by atoms with E-state index in [0.717, 1.165) is 6.20 Å². The molecular weight excluding hydrogens is 516 g/mol. The molecule has 0 saturated heterocycles. The van der Waals surface area contributed by atoms with E-state index in [9.17, 15) is 26.0 Å². The summed E-state index contributed by atoms with van der Waals surface area (Å²) in [6.07, 6.45) is -3.72. The van der Waals surface area contributed by atoms with Gasteiger partial charge in [-0.25, -0.2) is 22.8 Å². The average molecular weight is 537 g/mol. The number of nitrogens with zero attached hydrogens (tertiary/aromatic N) is 3. The highest BCUT2D eigenvalue weighted by molar-refractivity contribution is 7.92. The van der Waals surface area contributed by atoms with Crippen LogP contribution in [0.5, 0.6) is 5.75 Å². The van der Waals surface area contributed by atoms with E-state index in [1.54, 1.807) is 24.3 Å². The number of sulfonamides is 1. The van der Waals surface area contributed by atoms with Crippen molar-refractivity contribution in [1.29, 1.82) is 0 Å². The number of halogens is 4. The molecular formula is C23H20F4N6O3S. The zero-order chi connectivity index (χ0) is 26.6. The summed E-state index contributed by atoms with van der Waals surface area (Å²) < 4.78 is 84.4. The molecule has 4 rings (SSSR count). The molecule has 0 fully saturated rings. The lowest BCUT2D eigenvalue weighted by Crippen LogP contribution is -2.15. The summed E-state index contributed by atoms with van der Waals surface area (Å²) >= 11 is 0. The van der Waals surface area contributed by atoms with Crippen molar-refractivity contribution in [2.75, 3.05) is 15.8 Å². The molecule has 0 bridgehead atoms. The summed E-state index contributed by atoms with van der Waals surface area (Å²) in [5.41, 5.74) is 1.87. The van der Waals surface area contributed by atoms with Crippen LogP contribution in [0.2, 0.25) is 0 Å². The summed E-state index contributed by atoms with van der Waals surface area (Å²) in [6, 6.07) is 13.1. The Morgan fingerprint density at radius 1 is 1.03 bits per heavy atom. The fourth-order valence-electron chi connectivity index (χ4n) is 3.10.